The lowest BCUT2D eigenvalue weighted by molar-refractivity contribution is -0.215. The summed E-state index contributed by atoms with van der Waals surface area (Å²) in [5.41, 5.74) is 19.5. The van der Waals surface area contributed by atoms with E-state index in [0.29, 0.717) is 0 Å². The maximum absolute atomic E-state index is 15.3. The zero-order valence-corrected chi connectivity index (χ0v) is 71.8. The summed E-state index contributed by atoms with van der Waals surface area (Å²) in [6, 6.07) is 0. The number of phosphoric acid groups is 2. The van der Waals surface area contributed by atoms with Crippen molar-refractivity contribution >= 4 is 127 Å². The maximum atomic E-state index is 15.3. The molecule has 0 aromatic carbocycles. The summed E-state index contributed by atoms with van der Waals surface area (Å²) in [5.74, 6) is -1.02. The number of aromatic nitrogens is 16. The number of carbonyl (C=O) groups excluding carboxylic acids is 1. The smallest absolute Gasteiger partial charge is 0.387 e. The first-order valence-corrected chi connectivity index (χ1v) is 46.3. The topological polar surface area (TPSA) is 680 Å². The molecule has 0 radical (unpaired) electrons. The number of nitrogen functional groups attached to an aromatic ring is 4. The summed E-state index contributed by atoms with van der Waals surface area (Å²) in [7, 11) is -6.95. The highest BCUT2D eigenvalue weighted by atomic mass is 32.5. The zero-order valence-electron chi connectivity index (χ0n) is 66.5. The molecule has 8 aromatic rings. The second kappa shape index (κ2) is 35.5. The van der Waals surface area contributed by atoms with Crippen molar-refractivity contribution in [3.8, 4) is 0 Å². The number of phosphoric ester groups is 2. The van der Waals surface area contributed by atoms with E-state index in [1.165, 1.54) is 76.6 Å². The fourth-order valence-electron chi connectivity index (χ4n) is 16.2. The Balaban J connectivity index is 0.689. The van der Waals surface area contributed by atoms with Crippen molar-refractivity contribution in [2.45, 2.75) is 168 Å². The van der Waals surface area contributed by atoms with Crippen LogP contribution in [0.5, 0.6) is 0 Å². The molecule has 124 heavy (non-hydrogen) atoms. The van der Waals surface area contributed by atoms with Crippen molar-refractivity contribution in [2.75, 3.05) is 110 Å². The zero-order chi connectivity index (χ0) is 88.0. The third-order valence-electron chi connectivity index (χ3n) is 22.1. The van der Waals surface area contributed by atoms with Gasteiger partial charge in [0.2, 0.25) is 11.9 Å². The molecule has 7 fully saturated rings. The number of imidazole rings is 4. The lowest BCUT2D eigenvalue weighted by Gasteiger charge is -2.37. The third-order valence-corrected chi connectivity index (χ3v) is 27.1. The molecule has 0 saturated carbocycles. The lowest BCUT2D eigenvalue weighted by atomic mass is 9.91. The SMILES string of the molecule is C=C1NC(=O)C(C)=CN1[C@@H]1O[C@H](COP(O)(=S)O[C@@H]2C(OCCOC)[C@H](n3cnc4c(N)ncnc43)O[C@@H]2COP(O)(=S)O[C@@H]2C(OCCOC)[C@H](n3cnc4c(=O)[nH]c(N)nc43)O[C@@H]2COP(=O)(O)O[C@@H]2C3O[C@@H](C)[C@]2(COP(=O)(O)O[C@@H]2C4O[C@@H](C)[C@]2(CC)O[C@H]4n2cnc4c(N)ncnc42)O[C@H]3n2cnc3c(=O)[nH]c(N)nc32)[C@H](O)C1OCCOC. The van der Waals surface area contributed by atoms with Crippen molar-refractivity contribution in [2.24, 2.45) is 0 Å². The van der Waals surface area contributed by atoms with Gasteiger partial charge in [0.15, 0.2) is 76.4 Å². The summed E-state index contributed by atoms with van der Waals surface area (Å²) in [5, 5.41) is 14.5. The fraction of sp³-hybridized carbons (Fsp3) is 0.615. The maximum Gasteiger partial charge on any atom is 0.472 e. The molecule has 8 aliphatic rings. The second-order valence-electron chi connectivity index (χ2n) is 29.5. The fourth-order valence-corrected chi connectivity index (χ4v) is 21.1. The summed E-state index contributed by atoms with van der Waals surface area (Å²) < 4.78 is 165. The third kappa shape index (κ3) is 17.1. The number of aliphatic hydroxyl groups excluding tert-OH is 1. The van der Waals surface area contributed by atoms with E-state index in [1.807, 2.05) is 0 Å². The van der Waals surface area contributed by atoms with E-state index in [2.05, 4.69) is 71.7 Å². The number of amides is 1. The number of anilines is 4. The molecule has 59 heteroatoms. The van der Waals surface area contributed by atoms with Crippen LogP contribution in [0.3, 0.4) is 0 Å². The van der Waals surface area contributed by atoms with Gasteiger partial charge in [-0.2, -0.15) is 9.97 Å². The molecule has 9 unspecified atom stereocenters. The monoisotopic (exact) mass is 1860 g/mol. The van der Waals surface area contributed by atoms with Gasteiger partial charge in [-0.1, -0.05) is 13.5 Å². The van der Waals surface area contributed by atoms with E-state index < -0.39 is 206 Å². The number of ether oxygens (including phenoxy) is 13. The van der Waals surface area contributed by atoms with Gasteiger partial charge in [-0.05, 0) is 50.8 Å². The van der Waals surface area contributed by atoms with Gasteiger partial charge < -0.3 is 128 Å². The summed E-state index contributed by atoms with van der Waals surface area (Å²) >= 11 is 11.6. The van der Waals surface area contributed by atoms with E-state index >= 15 is 4.57 Å². The van der Waals surface area contributed by atoms with Crippen molar-refractivity contribution in [1.82, 2.24) is 88.3 Å². The van der Waals surface area contributed by atoms with Crippen LogP contribution in [0.25, 0.3) is 44.7 Å². The predicted octanol–water partition coefficient (Wildman–Crippen LogP) is -1.19. The average Bonchev–Trinajstić information content (AvgIpc) is 1.54. The molecular formula is C65H88N22O31P4S2. The Hall–Kier alpha value is -7.53. The Morgan fingerprint density at radius 3 is 1.44 bits per heavy atom. The van der Waals surface area contributed by atoms with Crippen LogP contribution in [0.1, 0.15) is 59.0 Å². The van der Waals surface area contributed by atoms with E-state index in [1.54, 1.807) is 20.8 Å². The molecule has 676 valence electrons. The molecular weight excluding hydrogens is 1770 g/mol. The molecule has 0 spiro atoms. The Kier molecular flexibility index (Phi) is 25.7. The first-order valence-electron chi connectivity index (χ1n) is 38.1. The highest BCUT2D eigenvalue weighted by Gasteiger charge is 2.71. The van der Waals surface area contributed by atoms with Crippen molar-refractivity contribution in [3.63, 3.8) is 0 Å². The minimum Gasteiger partial charge on any atom is -0.387 e. The number of aromatic amines is 2. The molecule has 8 aliphatic heterocycles. The number of nitrogens with zero attached hydrogens (tertiary/aromatic N) is 15. The van der Waals surface area contributed by atoms with Gasteiger partial charge >= 0.3 is 29.1 Å². The van der Waals surface area contributed by atoms with E-state index in [9.17, 15) is 43.6 Å². The highest BCUT2D eigenvalue weighted by Crippen LogP contribution is 2.63. The molecule has 7 saturated heterocycles. The first-order chi connectivity index (χ1) is 59.1. The van der Waals surface area contributed by atoms with Crippen LogP contribution in [0, 0.1) is 0 Å². The van der Waals surface area contributed by atoms with Crippen LogP contribution in [0.15, 0.2) is 71.7 Å². The average molecular weight is 1860 g/mol. The Morgan fingerprint density at radius 2 is 0.944 bits per heavy atom. The van der Waals surface area contributed by atoms with Gasteiger partial charge in [-0.15, -0.1) is 0 Å². The van der Waals surface area contributed by atoms with E-state index in [0.717, 1.165) is 19.0 Å². The number of hydrogen-bond acceptors (Lipinski definition) is 44. The number of H-pyrrole nitrogens is 2. The predicted molar refractivity (Wildman–Crippen MR) is 425 cm³/mol. The molecule has 53 nitrogen and oxygen atoms in total. The molecule has 8 aromatic heterocycles. The number of carbonyl (C=O) groups is 1. The lowest BCUT2D eigenvalue weighted by Crippen LogP contribution is -2.50. The quantitative estimate of drug-likeness (QED) is 0.0160. The molecule has 0 aliphatic carbocycles. The molecule has 16 rings (SSSR count). The molecule has 1 amide bonds. The number of hydrogen-bond donors (Lipinski definition) is 12. The standard InChI is InChI=1S/C65H88N22O31P4S2/c1-9-64-28(3)108-44(60(113-64)85-24-75-35-49(67)71-22-73-51(35)85)46(64)117-120(94,95)107-20-65-29(4)109-45(61(114-65)87-26-77-37-53(87)80-63(69)82-56(37)91)47(65)118-119(92,93)104-18-32-39(43(103-15-12-100-8)59(111-32)86-25-76-36-52(86)79-62(68)81-55(36)90)115-122(97,124)106-19-33-40(42(102-14-11-99-7)58(112-33)84-23-74-34-48(66)70-21-72-50(34)84)116-121(96,123)105-17-31-38(88)41(101-13-10-98-6)57(110-31)83-16-27(2)54(89)78-30(83)5/h16,21-26,28-29,31-33,38-47,57-61,88H,5,9-15,17-20H2,1-4,6-8H3,(H,78,89)(H,92,93)(H,94,95)(H,96,123)(H,97,124)(H2,66,70,72)(H2,67,71,73)(H3,68,79,81,90)(H3,69,80,82,91)/t28-,29-,31+,32+,33+,38-,39-,40-,41?,42?,43?,44?,45?,46+,47+,57+,58+,59+,60+,61+,64-,65-,121?,122?/m0/s1. The number of methoxy groups -OCH3 is 3. The number of nitrogens with two attached hydrogens (primary N) is 4. The van der Waals surface area contributed by atoms with Crippen LogP contribution in [-0.2, 0) is 135 Å². The highest BCUT2D eigenvalue weighted by molar-refractivity contribution is 8.07. The van der Waals surface area contributed by atoms with E-state index in [4.69, 9.17) is 144 Å². The minimum absolute atomic E-state index is 0.0212. The summed E-state index contributed by atoms with van der Waals surface area (Å²) in [4.78, 5) is 137. The number of aliphatic hydroxyl groups is 1. The molecule has 16 N–H and O–H groups in total. The Morgan fingerprint density at radius 1 is 0.524 bits per heavy atom. The van der Waals surface area contributed by atoms with Crippen molar-refractivity contribution in [3.05, 3.63) is 82.8 Å². The second-order valence-corrected chi connectivity index (χ2v) is 37.9. The van der Waals surface area contributed by atoms with Crippen molar-refractivity contribution in [1.29, 1.82) is 0 Å². The van der Waals surface area contributed by atoms with Crippen LogP contribution in [0.2, 0.25) is 0 Å². The van der Waals surface area contributed by atoms with Gasteiger partial charge in [0, 0.05) is 33.1 Å². The number of nitrogens with one attached hydrogen (secondary N) is 3. The van der Waals surface area contributed by atoms with Gasteiger partial charge in [0.05, 0.1) is 104 Å². The molecule has 4 bridgehead atoms. The normalized spacial score (nSPS) is 33.1. The van der Waals surface area contributed by atoms with Crippen LogP contribution >= 0.6 is 29.1 Å². The van der Waals surface area contributed by atoms with Gasteiger partial charge in [0.1, 0.15) is 120 Å². The molecule has 26 atom stereocenters. The Bertz CT molecular complexity index is 5700. The summed E-state index contributed by atoms with van der Waals surface area (Å²) in [6.45, 7) is -3.45. The molecule has 16 heterocycles. The largest absolute Gasteiger partial charge is 0.472 e. The first kappa shape index (κ1) is 89.8. The van der Waals surface area contributed by atoms with Crippen LogP contribution in [-0.4, -0.2) is 310 Å². The van der Waals surface area contributed by atoms with Gasteiger partial charge in [-0.3, -0.25) is 69.8 Å². The Labute approximate surface area is 709 Å². The van der Waals surface area contributed by atoms with Crippen LogP contribution in [0.4, 0.5) is 23.5 Å². The van der Waals surface area contributed by atoms with Crippen molar-refractivity contribution < 1.29 is 136 Å². The number of fused-ring (bicyclic) bond motifs is 8. The van der Waals surface area contributed by atoms with E-state index in [-0.39, 0.29) is 126 Å². The van der Waals surface area contributed by atoms with Gasteiger partial charge in [0.25, 0.3) is 17.0 Å². The van der Waals surface area contributed by atoms with Gasteiger partial charge in [-0.25, -0.2) is 49.0 Å². The van der Waals surface area contributed by atoms with Crippen LogP contribution < -0.4 is 39.4 Å². The summed E-state index contributed by atoms with van der Waals surface area (Å²) in [6.07, 6.45) is -19.3. The number of rotatable bonds is 38. The minimum atomic E-state index is -5.75.